The number of nitrogens with zero attached hydrogens (tertiary/aromatic N) is 5. The molecule has 9 nitrogen and oxygen atoms in total. The number of H-pyrrole nitrogens is 1. The molecule has 1 aromatic carbocycles. The highest BCUT2D eigenvalue weighted by Gasteiger charge is 2.21. The summed E-state index contributed by atoms with van der Waals surface area (Å²) < 4.78 is 21.8. The number of benzene rings is 1. The summed E-state index contributed by atoms with van der Waals surface area (Å²) >= 11 is 0. The predicted octanol–water partition coefficient (Wildman–Crippen LogP) is 3.79. The molecule has 0 saturated heterocycles. The second kappa shape index (κ2) is 8.73. The zero-order chi connectivity index (χ0) is 23.7. The summed E-state index contributed by atoms with van der Waals surface area (Å²) in [6.07, 6.45) is 1.61. The first-order valence-corrected chi connectivity index (χ1v) is 10.3. The Labute approximate surface area is 189 Å². The van der Waals surface area contributed by atoms with E-state index >= 15 is 0 Å². The van der Waals surface area contributed by atoms with Crippen molar-refractivity contribution in [1.29, 1.82) is 0 Å². The fourth-order valence-electron chi connectivity index (χ4n) is 3.69. The van der Waals surface area contributed by atoms with E-state index in [0.29, 0.717) is 39.9 Å². The van der Waals surface area contributed by atoms with Crippen LogP contribution in [0, 0.1) is 19.7 Å². The van der Waals surface area contributed by atoms with Gasteiger partial charge in [0.25, 0.3) is 0 Å². The first kappa shape index (κ1) is 22.0. The summed E-state index contributed by atoms with van der Waals surface area (Å²) in [6.45, 7) is 5.53. The van der Waals surface area contributed by atoms with Crippen molar-refractivity contribution in [2.24, 2.45) is 7.05 Å². The maximum atomic E-state index is 13.4. The summed E-state index contributed by atoms with van der Waals surface area (Å²) in [7, 11) is 1.78. The van der Waals surface area contributed by atoms with Gasteiger partial charge in [-0.15, -0.1) is 0 Å². The van der Waals surface area contributed by atoms with Gasteiger partial charge in [0.15, 0.2) is 5.82 Å². The van der Waals surface area contributed by atoms with E-state index in [9.17, 15) is 9.18 Å². The van der Waals surface area contributed by atoms with Gasteiger partial charge in [0.05, 0.1) is 18.0 Å². The predicted molar refractivity (Wildman–Crippen MR) is 123 cm³/mol. The molecule has 0 radical (unpaired) electrons. The number of hydrogen-bond acceptors (Lipinski definition) is 6. The molecule has 0 aliphatic carbocycles. The smallest absolute Gasteiger partial charge is 0.341 e. The Kier molecular flexibility index (Phi) is 5.82. The van der Waals surface area contributed by atoms with Gasteiger partial charge >= 0.3 is 5.97 Å². The number of nitrogens with two attached hydrogens (primary N) is 1. The quantitative estimate of drug-likeness (QED) is 0.458. The van der Waals surface area contributed by atoms with Crippen LogP contribution in [0.5, 0.6) is 0 Å². The van der Waals surface area contributed by atoms with Crippen molar-refractivity contribution in [2.75, 3.05) is 12.3 Å². The Balaban J connectivity index is 1.90. The highest BCUT2D eigenvalue weighted by Crippen LogP contribution is 2.26. The van der Waals surface area contributed by atoms with E-state index in [0.717, 1.165) is 10.9 Å². The first-order chi connectivity index (χ1) is 15.8. The lowest BCUT2D eigenvalue weighted by molar-refractivity contribution is 0.0524. The molecule has 3 N–H and O–H groups in total. The van der Waals surface area contributed by atoms with E-state index in [4.69, 9.17) is 10.5 Å². The van der Waals surface area contributed by atoms with Crippen LogP contribution in [-0.2, 0) is 11.8 Å². The minimum absolute atomic E-state index is 0.270. The molecule has 0 aliphatic heterocycles. The largest absolute Gasteiger partial charge is 0.462 e. The number of carbonyl (C=O) groups is 1. The summed E-state index contributed by atoms with van der Waals surface area (Å²) in [5, 5.41) is 9.78. The number of anilines is 1. The Morgan fingerprint density at radius 3 is 2.61 bits per heavy atom. The minimum atomic E-state index is -0.435. The molecule has 3 heterocycles. The Morgan fingerprint density at radius 2 is 1.91 bits per heavy atom. The molecule has 3 aromatic heterocycles. The van der Waals surface area contributed by atoms with Crippen LogP contribution in [0.4, 0.5) is 10.2 Å². The summed E-state index contributed by atoms with van der Waals surface area (Å²) in [5.41, 5.74) is 9.85. The molecule has 4 rings (SSSR count). The van der Waals surface area contributed by atoms with E-state index in [1.54, 1.807) is 67.6 Å². The third kappa shape index (κ3) is 4.14. The fraction of sp³-hybridized carbons (Fsp3) is 0.217. The van der Waals surface area contributed by atoms with Gasteiger partial charge in [-0.1, -0.05) is 0 Å². The van der Waals surface area contributed by atoms with Crippen LogP contribution in [-0.4, -0.2) is 42.1 Å². The fourth-order valence-corrected chi connectivity index (χ4v) is 3.69. The van der Waals surface area contributed by atoms with Gasteiger partial charge in [0, 0.05) is 30.3 Å². The highest BCUT2D eigenvalue weighted by atomic mass is 19.1. The van der Waals surface area contributed by atoms with Crippen molar-refractivity contribution in [3.8, 4) is 17.1 Å². The molecule has 170 valence electrons. The number of aromatic nitrogens is 6. The van der Waals surface area contributed by atoms with Crippen molar-refractivity contribution in [3.05, 3.63) is 65.4 Å². The van der Waals surface area contributed by atoms with Crippen LogP contribution < -0.4 is 5.73 Å². The molecular weight excluding hydrogens is 425 g/mol. The molecule has 10 heteroatoms. The molecule has 0 amide bonds. The van der Waals surface area contributed by atoms with Gasteiger partial charge in [-0.25, -0.2) is 18.9 Å². The van der Waals surface area contributed by atoms with Crippen LogP contribution in [0.3, 0.4) is 0 Å². The van der Waals surface area contributed by atoms with Gasteiger partial charge in [0.1, 0.15) is 28.5 Å². The Hall–Kier alpha value is -4.21. The summed E-state index contributed by atoms with van der Waals surface area (Å²) in [4.78, 5) is 20.0. The summed E-state index contributed by atoms with van der Waals surface area (Å²) in [5.74, 6) is -0.0407. The maximum absolute atomic E-state index is 13.4. The van der Waals surface area contributed by atoms with Crippen LogP contribution in [0.2, 0.25) is 0 Å². The van der Waals surface area contributed by atoms with Gasteiger partial charge in [-0.05, 0) is 51.1 Å². The van der Waals surface area contributed by atoms with E-state index in [2.05, 4.69) is 20.2 Å². The lowest BCUT2D eigenvalue weighted by Crippen LogP contribution is -2.08. The number of fused-ring (bicyclic) bond motifs is 1. The number of esters is 1. The average molecular weight is 449 g/mol. The maximum Gasteiger partial charge on any atom is 0.341 e. The average Bonchev–Trinajstić information content (AvgIpc) is 3.26. The van der Waals surface area contributed by atoms with E-state index in [1.165, 1.54) is 12.1 Å². The van der Waals surface area contributed by atoms with Crippen molar-refractivity contribution >= 4 is 22.8 Å². The number of nitrogen functional groups attached to an aromatic ring is 1. The number of aromatic amines is 1. The Morgan fingerprint density at radius 1 is 1.18 bits per heavy atom. The molecule has 0 atom stereocenters. The lowest BCUT2D eigenvalue weighted by Gasteiger charge is -2.04. The van der Waals surface area contributed by atoms with Gasteiger partial charge in [-0.3, -0.25) is 4.68 Å². The molecule has 0 aliphatic rings. The molecule has 4 aromatic rings. The second-order valence-electron chi connectivity index (χ2n) is 7.45. The van der Waals surface area contributed by atoms with E-state index in [-0.39, 0.29) is 12.4 Å². The van der Waals surface area contributed by atoms with Crippen molar-refractivity contribution in [1.82, 2.24) is 29.5 Å². The standard InChI is InChI=1S/C23H24FN7O2/c1-5-33-23(32)20-13(2)28-31(14(20)3)19-12-18(25)27-22-17(10-11-26-19)21(29-30(22)4)15-6-8-16(24)9-7-15/h6-12,27H,5,25H2,1-4H3. The Bertz CT molecular complexity index is 1400. The number of hydrogen-bond donors (Lipinski definition) is 2. The topological polar surface area (TPSA) is 117 Å². The van der Waals surface area contributed by atoms with Crippen molar-refractivity contribution in [3.63, 3.8) is 0 Å². The number of aryl methyl sites for hydroxylation is 2. The van der Waals surface area contributed by atoms with Gasteiger partial charge < -0.3 is 15.5 Å². The van der Waals surface area contributed by atoms with E-state index in [1.807, 2.05) is 0 Å². The highest BCUT2D eigenvalue weighted by molar-refractivity contribution is 5.92. The zero-order valence-corrected chi connectivity index (χ0v) is 18.8. The number of ether oxygens (including phenoxy) is 1. The van der Waals surface area contributed by atoms with Crippen molar-refractivity contribution < 1.29 is 13.9 Å². The first-order valence-electron chi connectivity index (χ1n) is 10.3. The third-order valence-electron chi connectivity index (χ3n) is 5.18. The van der Waals surface area contributed by atoms with Crippen LogP contribution >= 0.6 is 0 Å². The molecule has 0 unspecified atom stereocenters. The van der Waals surface area contributed by atoms with E-state index < -0.39 is 5.97 Å². The number of rotatable bonds is 4. The number of halogens is 1. The number of nitrogens with one attached hydrogen (secondary N) is 1. The van der Waals surface area contributed by atoms with Crippen LogP contribution in [0.25, 0.3) is 28.1 Å². The molecule has 0 fully saturated rings. The van der Waals surface area contributed by atoms with Crippen LogP contribution in [0.1, 0.15) is 28.7 Å². The lowest BCUT2D eigenvalue weighted by atomic mass is 10.1. The number of carbonyl (C=O) groups excluding carboxylic acids is 1. The van der Waals surface area contributed by atoms with Crippen LogP contribution in [0.15, 0.2) is 42.6 Å². The SMILES string of the molecule is CCOC(=O)c1c(C)nn(-c2cc(N)[nH]c3c(ccn2)c(-c2ccc(F)cc2)nn3C)c1C. The monoisotopic (exact) mass is 449 g/mol. The summed E-state index contributed by atoms with van der Waals surface area (Å²) in [6, 6.07) is 9.52. The van der Waals surface area contributed by atoms with Gasteiger partial charge in [0.2, 0.25) is 0 Å². The zero-order valence-electron chi connectivity index (χ0n) is 18.8. The van der Waals surface area contributed by atoms with Crippen molar-refractivity contribution in [2.45, 2.75) is 20.8 Å². The second-order valence-corrected chi connectivity index (χ2v) is 7.45. The minimum Gasteiger partial charge on any atom is -0.462 e. The third-order valence-corrected chi connectivity index (χ3v) is 5.18. The molecular formula is C23H24FN7O2. The normalized spacial score (nSPS) is 10.9. The molecule has 0 saturated carbocycles. The molecule has 0 bridgehead atoms. The molecule has 0 spiro atoms. The molecule has 33 heavy (non-hydrogen) atoms. The van der Waals surface area contributed by atoms with Gasteiger partial charge in [-0.2, -0.15) is 10.2 Å².